The maximum Gasteiger partial charge on any atom is 0.243 e. The predicted molar refractivity (Wildman–Crippen MR) is 411 cm³/mol. The van der Waals surface area contributed by atoms with Crippen molar-refractivity contribution < 1.29 is 62.1 Å². The summed E-state index contributed by atoms with van der Waals surface area (Å²) in [5.41, 5.74) is 6.57. The number of benzene rings is 8. The first-order valence-electron chi connectivity index (χ1n) is 36.0. The van der Waals surface area contributed by atoms with Gasteiger partial charge in [0.05, 0.1) is 46.4 Å². The summed E-state index contributed by atoms with van der Waals surface area (Å²) in [5, 5.41) is 3.22. The Kier molecular flexibility index (Phi) is 28.8. The maximum absolute atomic E-state index is 15.8. The van der Waals surface area contributed by atoms with Crippen molar-refractivity contribution in [2.75, 3.05) is 93.5 Å². The van der Waals surface area contributed by atoms with Gasteiger partial charge in [0.15, 0.2) is 23.0 Å². The molecule has 0 aliphatic carbocycles. The van der Waals surface area contributed by atoms with Crippen LogP contribution in [-0.2, 0) is 82.4 Å². The van der Waals surface area contributed by atoms with Crippen molar-refractivity contribution in [2.45, 2.75) is 65.1 Å². The van der Waals surface area contributed by atoms with Crippen LogP contribution < -0.4 is 24.3 Å². The summed E-state index contributed by atoms with van der Waals surface area (Å²) in [7, 11) is 4.45. The molecule has 0 radical (unpaired) electrons. The zero-order valence-electron chi connectivity index (χ0n) is 62.1. The second-order valence-electron chi connectivity index (χ2n) is 26.8. The van der Waals surface area contributed by atoms with Crippen LogP contribution in [0.4, 0.5) is 0 Å². The molecule has 109 heavy (non-hydrogen) atoms. The van der Waals surface area contributed by atoms with Crippen LogP contribution in [0.5, 0.6) is 23.0 Å². The third-order valence-electron chi connectivity index (χ3n) is 18.8. The lowest BCUT2D eigenvalue weighted by Gasteiger charge is -2.34. The number of pyridine rings is 1. The van der Waals surface area contributed by atoms with Crippen molar-refractivity contribution in [3.63, 3.8) is 0 Å². The average Bonchev–Trinajstić information content (AvgIpc) is 1.77. The van der Waals surface area contributed by atoms with Crippen molar-refractivity contribution in [3.05, 3.63) is 293 Å². The largest absolute Gasteiger partial charge is 0.493 e. The van der Waals surface area contributed by atoms with Crippen molar-refractivity contribution in [3.8, 4) is 23.0 Å². The van der Waals surface area contributed by atoms with Gasteiger partial charge in [-0.15, -0.1) is 0 Å². The number of ether oxygens (including phenoxy) is 4. The summed E-state index contributed by atoms with van der Waals surface area (Å²) >= 11 is 0. The van der Waals surface area contributed by atoms with Crippen molar-refractivity contribution >= 4 is 53.0 Å². The average molecular weight is 1470 g/mol. The highest BCUT2D eigenvalue weighted by Gasteiger charge is 2.34. The molecule has 0 bridgehead atoms. The van der Waals surface area contributed by atoms with Crippen molar-refractivity contribution in [1.82, 2.24) is 49.5 Å². The third kappa shape index (κ3) is 23.2. The van der Waals surface area contributed by atoms with Gasteiger partial charge in [0.2, 0.25) is 54.1 Å². The van der Waals surface area contributed by atoms with Crippen LogP contribution in [0.1, 0.15) is 75.9 Å². The first kappa shape index (κ1) is 79.1. The SMILES string of the molecule is COc1ccc(CN(CC(=O)N(CC(=O)N(CC(=O)N(CC(=O)N(C)CC(=O)N(CC(=O)N(CC(=O)N(CC(C)=O)Cc2ccccc2)[C@@H](C)c2ccccc2)Cc2ccncc2)CC(c2ccccc2)c2ccccc2)Cc2ccccc2)Cc2ccccc2)C(=O)CNCc2ccc3c(c2)OCO3)cc1OC. The molecule has 0 saturated carbocycles. The van der Waals surface area contributed by atoms with Gasteiger partial charge in [-0.3, -0.25) is 48.1 Å². The van der Waals surface area contributed by atoms with E-state index in [9.17, 15) is 14.4 Å². The Labute approximate surface area is 636 Å². The van der Waals surface area contributed by atoms with Gasteiger partial charge in [-0.2, -0.15) is 0 Å². The number of hydrogen-bond donors (Lipinski definition) is 1. The van der Waals surface area contributed by atoms with E-state index in [1.54, 1.807) is 67.8 Å². The highest BCUT2D eigenvalue weighted by atomic mass is 16.7. The molecule has 0 saturated heterocycles. The molecule has 8 amide bonds. The molecule has 1 aliphatic heterocycles. The van der Waals surface area contributed by atoms with Crippen LogP contribution in [0, 0.1) is 0 Å². The minimum absolute atomic E-state index is 0.0384. The lowest BCUT2D eigenvalue weighted by molar-refractivity contribution is -0.149. The van der Waals surface area contributed by atoms with E-state index in [0.717, 1.165) is 22.3 Å². The maximum atomic E-state index is 15.8. The van der Waals surface area contributed by atoms with E-state index in [4.69, 9.17) is 18.9 Å². The zero-order valence-corrected chi connectivity index (χ0v) is 62.1. The molecule has 1 N–H and O–H groups in total. The Hall–Kier alpha value is -12.5. The van der Waals surface area contributed by atoms with Gasteiger partial charge >= 0.3 is 0 Å². The topological polar surface area (TPSA) is 241 Å². The van der Waals surface area contributed by atoms with Gasteiger partial charge in [0.25, 0.3) is 0 Å². The molecule has 10 rings (SSSR count). The second-order valence-corrected chi connectivity index (χ2v) is 26.8. The number of amides is 8. The van der Waals surface area contributed by atoms with Gasteiger partial charge in [-0.1, -0.05) is 194 Å². The van der Waals surface area contributed by atoms with Crippen LogP contribution in [0.2, 0.25) is 0 Å². The second kappa shape index (κ2) is 39.7. The number of Topliss-reactive ketones (excluding diaryl/α,β-unsaturated/α-hetero) is 1. The zero-order chi connectivity index (χ0) is 77.0. The summed E-state index contributed by atoms with van der Waals surface area (Å²) in [4.78, 5) is 149. The van der Waals surface area contributed by atoms with Gasteiger partial charge in [-0.25, -0.2) is 0 Å². The molecule has 8 aromatic carbocycles. The number of aromatic nitrogens is 1. The Bertz CT molecular complexity index is 4470. The molecule has 1 aliphatic rings. The van der Waals surface area contributed by atoms with Crippen LogP contribution in [-0.4, -0.2) is 191 Å². The molecule has 23 nitrogen and oxygen atoms in total. The van der Waals surface area contributed by atoms with E-state index in [-0.39, 0.29) is 71.5 Å². The Morgan fingerprint density at radius 1 is 0.394 bits per heavy atom. The van der Waals surface area contributed by atoms with Gasteiger partial charge in [0, 0.05) is 71.2 Å². The van der Waals surface area contributed by atoms with Gasteiger partial charge < -0.3 is 63.5 Å². The highest BCUT2D eigenvalue weighted by molar-refractivity contribution is 5.94. The molecule has 9 aromatic rings. The Balaban J connectivity index is 0.926. The predicted octanol–water partition coefficient (Wildman–Crippen LogP) is 9.36. The summed E-state index contributed by atoms with van der Waals surface area (Å²) in [6.07, 6.45) is 3.11. The quantitative estimate of drug-likeness (QED) is 0.0379. The van der Waals surface area contributed by atoms with Crippen LogP contribution in [0.25, 0.3) is 0 Å². The number of carbonyl (C=O) groups is 9. The Morgan fingerprint density at radius 2 is 0.798 bits per heavy atom. The number of nitrogens with zero attached hydrogens (tertiary/aromatic N) is 9. The molecule has 0 unspecified atom stereocenters. The number of nitrogens with one attached hydrogen (secondary N) is 1. The molecule has 1 atom stereocenters. The van der Waals surface area contributed by atoms with Crippen molar-refractivity contribution in [1.29, 1.82) is 0 Å². The molecule has 0 fully saturated rings. The molecule has 2 heterocycles. The normalized spacial score (nSPS) is 11.5. The van der Waals surface area contributed by atoms with E-state index in [0.29, 0.717) is 50.8 Å². The number of fused-ring (bicyclic) bond motifs is 1. The lowest BCUT2D eigenvalue weighted by atomic mass is 9.90. The van der Waals surface area contributed by atoms with Gasteiger partial charge in [0.1, 0.15) is 38.5 Å². The summed E-state index contributed by atoms with van der Waals surface area (Å²) in [5.74, 6) is -3.30. The van der Waals surface area contributed by atoms with E-state index >= 15 is 28.8 Å². The van der Waals surface area contributed by atoms with Crippen LogP contribution in [0.3, 0.4) is 0 Å². The fraction of sp³-hybridized carbons (Fsp3) is 0.279. The number of rotatable bonds is 38. The summed E-state index contributed by atoms with van der Waals surface area (Å²) in [6.45, 7) is -0.763. The smallest absolute Gasteiger partial charge is 0.243 e. The number of ketones is 1. The minimum Gasteiger partial charge on any atom is -0.493 e. The third-order valence-corrected chi connectivity index (χ3v) is 18.8. The monoisotopic (exact) mass is 1470 g/mol. The molecular weight excluding hydrogens is 1380 g/mol. The summed E-state index contributed by atoms with van der Waals surface area (Å²) in [6, 6.07) is 68.9. The number of carbonyl (C=O) groups excluding carboxylic acids is 9. The fourth-order valence-electron chi connectivity index (χ4n) is 12.8. The molecule has 0 spiro atoms. The lowest BCUT2D eigenvalue weighted by Crippen LogP contribution is -2.52. The number of methoxy groups -OCH3 is 2. The van der Waals surface area contributed by atoms with E-state index in [1.165, 1.54) is 67.4 Å². The van der Waals surface area contributed by atoms with Crippen LogP contribution in [0.15, 0.2) is 243 Å². The fourth-order valence-corrected chi connectivity index (χ4v) is 12.8. The Morgan fingerprint density at radius 3 is 1.30 bits per heavy atom. The molecular formula is C86H92N10O13. The highest BCUT2D eigenvalue weighted by Crippen LogP contribution is 2.33. The first-order chi connectivity index (χ1) is 52.9. The number of hydrogen-bond acceptors (Lipinski definition) is 15. The van der Waals surface area contributed by atoms with Crippen LogP contribution >= 0.6 is 0 Å². The van der Waals surface area contributed by atoms with E-state index < -0.39 is 105 Å². The number of likely N-dealkylation sites (N-methyl/N-ethyl adjacent to an activating group) is 1. The van der Waals surface area contributed by atoms with Gasteiger partial charge in [-0.05, 0) is 100 Å². The van der Waals surface area contributed by atoms with E-state index in [1.807, 2.05) is 182 Å². The molecule has 1 aromatic heterocycles. The molecule has 564 valence electrons. The summed E-state index contributed by atoms with van der Waals surface area (Å²) < 4.78 is 22.2. The molecule has 23 heteroatoms. The first-order valence-corrected chi connectivity index (χ1v) is 36.0. The van der Waals surface area contributed by atoms with Crippen molar-refractivity contribution in [2.24, 2.45) is 0 Å². The minimum atomic E-state index is -0.687. The standard InChI is InChI=1S/C86H92N10O13/c1-63(97)48-90(49-65-24-12-6-13-25-65)85(104)61-96(64(2)71-30-18-9-19-31-71)86(105)60-94(52-68-40-42-87-43-41-68)81(100)55-89(3)80(99)56-95(54-74(72-32-20-10-21-33-72)73-34-22-11-23-35-73)84(103)59-93(51-67-28-16-8-17-29-67)83(102)58-92(50-66-26-14-7-15-27-66)82(101)57-91(53-70-37-38-75(106-4)77(45-70)107-5)79(98)47-88-46-69-36-39-76-78(44-69)109-62-108-76/h6-45,64,74,88H,46-62H2,1-5H3/t64-/m0/s1. The van der Waals surface area contributed by atoms with E-state index in [2.05, 4.69) is 10.3 Å².